The Balaban J connectivity index is 0.00000138. The molecule has 3 aromatic rings. The normalized spacial score (nSPS) is 10.7. The maximum Gasteiger partial charge on any atom is 0.326 e. The summed E-state index contributed by atoms with van der Waals surface area (Å²) in [6.07, 6.45) is 5.85. The minimum atomic E-state index is -0.966. The number of rotatable bonds is 13. The SMILES string of the molecule is C=C(NC(CCCCNNc1cccc2c(C)cccc12)C(=O)O)c1ccc(O)c(O)c1.CC.CCC(C)C.CCCC. The predicted molar refractivity (Wildman–Crippen MR) is 185 cm³/mol. The number of hydrogen-bond acceptors (Lipinski definition) is 6. The van der Waals surface area contributed by atoms with Crippen LogP contribution in [0.5, 0.6) is 11.5 Å². The number of fused-ring (bicyclic) bond motifs is 1. The number of phenolic OH excluding ortho intramolecular Hbond substituents is 2. The zero-order chi connectivity index (χ0) is 32.8. The number of anilines is 1. The van der Waals surface area contributed by atoms with Crippen LogP contribution in [0.25, 0.3) is 16.5 Å². The third-order valence-corrected chi connectivity index (χ3v) is 6.69. The Morgan fingerprint density at radius 3 is 2.05 bits per heavy atom. The molecule has 240 valence electrons. The summed E-state index contributed by atoms with van der Waals surface area (Å²) in [5.41, 5.74) is 9.58. The quantitative estimate of drug-likeness (QED) is 0.0663. The molecule has 3 rings (SSSR count). The van der Waals surface area contributed by atoms with E-state index < -0.39 is 12.0 Å². The molecule has 0 aliphatic carbocycles. The molecule has 1 atom stereocenters. The molecule has 3 aromatic carbocycles. The third-order valence-electron chi connectivity index (χ3n) is 6.69. The Morgan fingerprint density at radius 2 is 1.49 bits per heavy atom. The number of nitrogens with one attached hydrogen (secondary N) is 3. The molecule has 7 nitrogen and oxygen atoms in total. The molecule has 6 N–H and O–H groups in total. The smallest absolute Gasteiger partial charge is 0.326 e. The lowest BCUT2D eigenvalue weighted by atomic mass is 10.0. The lowest BCUT2D eigenvalue weighted by Crippen LogP contribution is -2.35. The molecule has 0 fully saturated rings. The van der Waals surface area contributed by atoms with Crippen LogP contribution in [0.2, 0.25) is 0 Å². The predicted octanol–water partition coefficient (Wildman–Crippen LogP) is 9.24. The summed E-state index contributed by atoms with van der Waals surface area (Å²) in [7, 11) is 0. The first kappa shape index (κ1) is 39.3. The summed E-state index contributed by atoms with van der Waals surface area (Å²) in [4.78, 5) is 11.6. The minimum Gasteiger partial charge on any atom is -0.504 e. The number of phenols is 2. The molecule has 0 saturated heterocycles. The highest BCUT2D eigenvalue weighted by atomic mass is 16.4. The second-order valence-electron chi connectivity index (χ2n) is 10.5. The van der Waals surface area contributed by atoms with E-state index in [0.717, 1.165) is 23.4 Å². The van der Waals surface area contributed by atoms with Crippen molar-refractivity contribution in [3.8, 4) is 11.5 Å². The van der Waals surface area contributed by atoms with Gasteiger partial charge in [0, 0.05) is 23.2 Å². The Kier molecular flexibility index (Phi) is 20.9. The first-order valence-corrected chi connectivity index (χ1v) is 15.7. The molecular weight excluding hydrogens is 538 g/mol. The average molecular weight is 596 g/mol. The van der Waals surface area contributed by atoms with Gasteiger partial charge in [0.1, 0.15) is 6.04 Å². The number of unbranched alkanes of at least 4 members (excludes halogenated alkanes) is 2. The third kappa shape index (κ3) is 15.4. The van der Waals surface area contributed by atoms with Gasteiger partial charge < -0.3 is 26.1 Å². The lowest BCUT2D eigenvalue weighted by molar-refractivity contribution is -0.139. The van der Waals surface area contributed by atoms with Crippen molar-refractivity contribution in [1.29, 1.82) is 0 Å². The van der Waals surface area contributed by atoms with Crippen molar-refractivity contribution in [2.45, 2.75) is 100.0 Å². The van der Waals surface area contributed by atoms with Crippen molar-refractivity contribution in [3.63, 3.8) is 0 Å². The Morgan fingerprint density at radius 1 is 0.884 bits per heavy atom. The number of carbonyl (C=O) groups is 1. The number of aromatic hydroxyl groups is 2. The van der Waals surface area contributed by atoms with Crippen LogP contribution in [0.3, 0.4) is 0 Å². The van der Waals surface area contributed by atoms with E-state index in [2.05, 4.69) is 82.5 Å². The van der Waals surface area contributed by atoms with E-state index in [-0.39, 0.29) is 11.5 Å². The van der Waals surface area contributed by atoms with Crippen LogP contribution >= 0.6 is 0 Å². The van der Waals surface area contributed by atoms with Crippen LogP contribution in [0.4, 0.5) is 5.69 Å². The van der Waals surface area contributed by atoms with Gasteiger partial charge >= 0.3 is 5.97 Å². The van der Waals surface area contributed by atoms with Gasteiger partial charge in [-0.1, -0.05) is 105 Å². The molecule has 0 saturated carbocycles. The highest BCUT2D eigenvalue weighted by molar-refractivity contribution is 5.95. The van der Waals surface area contributed by atoms with Gasteiger partial charge in [-0.2, -0.15) is 0 Å². The van der Waals surface area contributed by atoms with Crippen molar-refractivity contribution in [2.24, 2.45) is 5.92 Å². The number of hydrogen-bond donors (Lipinski definition) is 6. The highest BCUT2D eigenvalue weighted by Gasteiger charge is 2.18. The van der Waals surface area contributed by atoms with Crippen LogP contribution in [0, 0.1) is 12.8 Å². The van der Waals surface area contributed by atoms with Gasteiger partial charge in [0.25, 0.3) is 0 Å². The molecule has 0 bridgehead atoms. The molecule has 0 heterocycles. The largest absolute Gasteiger partial charge is 0.504 e. The highest BCUT2D eigenvalue weighted by Crippen LogP contribution is 2.27. The van der Waals surface area contributed by atoms with Crippen LogP contribution in [0.1, 0.15) is 98.1 Å². The zero-order valence-corrected chi connectivity index (χ0v) is 27.8. The Hall–Kier alpha value is -3.71. The second-order valence-corrected chi connectivity index (χ2v) is 10.5. The topological polar surface area (TPSA) is 114 Å². The fraction of sp³-hybridized carbons (Fsp3) is 0.472. The van der Waals surface area contributed by atoms with E-state index in [1.807, 2.05) is 32.0 Å². The number of hydrazine groups is 1. The molecule has 0 radical (unpaired) electrons. The van der Waals surface area contributed by atoms with Crippen molar-refractivity contribution in [3.05, 3.63) is 72.3 Å². The van der Waals surface area contributed by atoms with Gasteiger partial charge in [-0.15, -0.1) is 0 Å². The van der Waals surface area contributed by atoms with Crippen LogP contribution in [0.15, 0.2) is 61.2 Å². The fourth-order valence-electron chi connectivity index (χ4n) is 3.56. The van der Waals surface area contributed by atoms with Crippen molar-refractivity contribution in [2.75, 3.05) is 12.0 Å². The molecule has 1 unspecified atom stereocenters. The van der Waals surface area contributed by atoms with E-state index in [9.17, 15) is 20.1 Å². The number of aryl methyl sites for hydroxylation is 1. The first-order chi connectivity index (χ1) is 20.5. The molecule has 7 heteroatoms. The van der Waals surface area contributed by atoms with Gasteiger partial charge in [-0.05, 0) is 67.3 Å². The molecule has 43 heavy (non-hydrogen) atoms. The summed E-state index contributed by atoms with van der Waals surface area (Å²) in [6, 6.07) is 15.8. The molecule has 0 spiro atoms. The standard InChI is InChI=1S/C25H29N3O4.C5H12.C4H10.C2H6/c1-16-7-5-9-20-19(16)8-6-11-21(20)28-26-14-4-3-10-22(25(31)32)27-17(2)18-12-13-23(29)24(30)15-18;1-4-5(2)3;1-3-4-2;1-2/h5-9,11-13,15,22,26-30H,2-4,10,14H2,1H3,(H,31,32);5H,4H2,1-3H3;3-4H2,1-2H3;1-2H3. The molecule has 0 amide bonds. The van der Waals surface area contributed by atoms with E-state index in [1.165, 1.54) is 42.3 Å². The van der Waals surface area contributed by atoms with Crippen molar-refractivity contribution in [1.82, 2.24) is 10.7 Å². The summed E-state index contributed by atoms with van der Waals surface area (Å²) in [6.45, 7) is 21.6. The average Bonchev–Trinajstić information content (AvgIpc) is 3.01. The van der Waals surface area contributed by atoms with E-state index >= 15 is 0 Å². The summed E-state index contributed by atoms with van der Waals surface area (Å²) in [5, 5.41) is 33.8. The molecular formula is C36H57N3O4. The number of benzene rings is 3. The van der Waals surface area contributed by atoms with Gasteiger partial charge in [-0.3, -0.25) is 0 Å². The fourth-order valence-corrected chi connectivity index (χ4v) is 3.56. The molecule has 0 aromatic heterocycles. The maximum absolute atomic E-state index is 11.6. The Bertz CT molecular complexity index is 1210. The van der Waals surface area contributed by atoms with Crippen molar-refractivity contribution < 1.29 is 20.1 Å². The van der Waals surface area contributed by atoms with Crippen molar-refractivity contribution >= 4 is 28.1 Å². The minimum absolute atomic E-state index is 0.240. The van der Waals surface area contributed by atoms with Gasteiger partial charge in [0.2, 0.25) is 0 Å². The maximum atomic E-state index is 11.6. The van der Waals surface area contributed by atoms with E-state index in [4.69, 9.17) is 0 Å². The van der Waals surface area contributed by atoms with Crippen LogP contribution in [-0.4, -0.2) is 33.9 Å². The van der Waals surface area contributed by atoms with Gasteiger partial charge in [0.15, 0.2) is 11.5 Å². The number of carboxylic acid groups (broad SMARTS) is 1. The monoisotopic (exact) mass is 595 g/mol. The van der Waals surface area contributed by atoms with Crippen LogP contribution in [-0.2, 0) is 4.79 Å². The number of aliphatic carboxylic acids is 1. The Labute approximate surface area is 260 Å². The van der Waals surface area contributed by atoms with Gasteiger partial charge in [-0.25, -0.2) is 10.2 Å². The summed E-state index contributed by atoms with van der Waals surface area (Å²) >= 11 is 0. The van der Waals surface area contributed by atoms with E-state index in [0.29, 0.717) is 30.6 Å². The summed E-state index contributed by atoms with van der Waals surface area (Å²) in [5.74, 6) is -0.602. The molecule has 0 aliphatic heterocycles. The molecule has 0 aliphatic rings. The number of carboxylic acids is 1. The zero-order valence-electron chi connectivity index (χ0n) is 27.8. The van der Waals surface area contributed by atoms with Crippen LogP contribution < -0.4 is 16.2 Å². The van der Waals surface area contributed by atoms with Gasteiger partial charge in [0.05, 0.1) is 5.69 Å². The first-order valence-electron chi connectivity index (χ1n) is 15.7. The van der Waals surface area contributed by atoms with E-state index in [1.54, 1.807) is 6.07 Å². The lowest BCUT2D eigenvalue weighted by Gasteiger charge is -2.18. The second kappa shape index (κ2) is 22.8. The summed E-state index contributed by atoms with van der Waals surface area (Å²) < 4.78 is 0.